The van der Waals surface area contributed by atoms with Crippen molar-refractivity contribution in [3.8, 4) is 0 Å². The van der Waals surface area contributed by atoms with Crippen LogP contribution in [0.5, 0.6) is 0 Å². The number of esters is 1. The highest BCUT2D eigenvalue weighted by atomic mass is 16.5. The molecule has 4 N–H and O–H groups in total. The summed E-state index contributed by atoms with van der Waals surface area (Å²) in [4.78, 5) is 13.9. The van der Waals surface area contributed by atoms with Crippen molar-refractivity contribution in [2.24, 2.45) is 5.11 Å². The highest BCUT2D eigenvalue weighted by molar-refractivity contribution is 5.95. The van der Waals surface area contributed by atoms with Gasteiger partial charge in [-0.2, -0.15) is 0 Å². The Labute approximate surface area is 109 Å². The molecule has 0 aliphatic rings. The van der Waals surface area contributed by atoms with Gasteiger partial charge in [0.25, 0.3) is 0 Å². The lowest BCUT2D eigenvalue weighted by atomic mass is 9.99. The van der Waals surface area contributed by atoms with Gasteiger partial charge in [0, 0.05) is 10.5 Å². The number of aliphatic hydroxyl groups excluding tert-OH is 2. The van der Waals surface area contributed by atoms with E-state index < -0.39 is 18.2 Å². The summed E-state index contributed by atoms with van der Waals surface area (Å²) in [6.45, 7) is -0.306. The Morgan fingerprint density at radius 2 is 2.26 bits per heavy atom. The molecule has 2 unspecified atom stereocenters. The number of para-hydroxylation sites is 1. The number of ether oxygens (including phenoxy) is 1. The van der Waals surface area contributed by atoms with Gasteiger partial charge in [-0.05, 0) is 11.6 Å². The summed E-state index contributed by atoms with van der Waals surface area (Å²) in [5.74, 6) is -0.643. The van der Waals surface area contributed by atoms with Crippen molar-refractivity contribution in [2.75, 3.05) is 19.4 Å². The summed E-state index contributed by atoms with van der Waals surface area (Å²) < 4.78 is 4.55. The molecule has 0 amide bonds. The predicted molar refractivity (Wildman–Crippen MR) is 67.2 cm³/mol. The fraction of sp³-hybridized carbons (Fsp3) is 0.364. The van der Waals surface area contributed by atoms with E-state index in [9.17, 15) is 15.0 Å². The monoisotopic (exact) mass is 266 g/mol. The number of azide groups is 1. The standard InChI is InChI=1S/C11H14N4O4/c1-19-11(18)7-4-2-3-6(9(7)12)10(17)8(16)5-14-15-13/h2-4,8,10,16-17H,5,12H2,1H3. The lowest BCUT2D eigenvalue weighted by Gasteiger charge is -2.19. The Morgan fingerprint density at radius 1 is 1.58 bits per heavy atom. The van der Waals surface area contributed by atoms with Crippen LogP contribution in [-0.2, 0) is 4.74 Å². The van der Waals surface area contributed by atoms with E-state index in [-0.39, 0.29) is 23.4 Å². The minimum Gasteiger partial charge on any atom is -0.465 e. The molecule has 0 aromatic heterocycles. The quantitative estimate of drug-likeness (QED) is 0.237. The highest BCUT2D eigenvalue weighted by Gasteiger charge is 2.22. The molecule has 8 heteroatoms. The molecule has 102 valence electrons. The van der Waals surface area contributed by atoms with Crippen molar-refractivity contribution in [3.05, 3.63) is 39.8 Å². The van der Waals surface area contributed by atoms with E-state index in [0.29, 0.717) is 0 Å². The maximum atomic E-state index is 11.4. The second-order valence-corrected chi connectivity index (χ2v) is 3.73. The smallest absolute Gasteiger partial charge is 0.339 e. The number of benzene rings is 1. The number of aliphatic hydroxyl groups is 2. The zero-order chi connectivity index (χ0) is 14.4. The number of hydrogen-bond donors (Lipinski definition) is 3. The van der Waals surface area contributed by atoms with Crippen LogP contribution in [-0.4, -0.2) is 35.9 Å². The molecule has 0 spiro atoms. The maximum Gasteiger partial charge on any atom is 0.339 e. The SMILES string of the molecule is COC(=O)c1cccc(C(O)C(O)CN=[N+]=[N-])c1N. The summed E-state index contributed by atoms with van der Waals surface area (Å²) in [5.41, 5.74) is 14.2. The van der Waals surface area contributed by atoms with E-state index >= 15 is 0 Å². The van der Waals surface area contributed by atoms with Crippen LogP contribution in [0.4, 0.5) is 5.69 Å². The van der Waals surface area contributed by atoms with Gasteiger partial charge in [-0.25, -0.2) is 4.79 Å². The van der Waals surface area contributed by atoms with Crippen molar-refractivity contribution in [1.82, 2.24) is 0 Å². The van der Waals surface area contributed by atoms with E-state index in [2.05, 4.69) is 14.8 Å². The second kappa shape index (κ2) is 6.60. The van der Waals surface area contributed by atoms with Crippen LogP contribution in [0.2, 0.25) is 0 Å². The van der Waals surface area contributed by atoms with E-state index in [0.717, 1.165) is 0 Å². The summed E-state index contributed by atoms with van der Waals surface area (Å²) in [7, 11) is 1.21. The maximum absolute atomic E-state index is 11.4. The molecule has 0 heterocycles. The summed E-state index contributed by atoms with van der Waals surface area (Å²) in [6, 6.07) is 4.41. The first-order valence-electron chi connectivity index (χ1n) is 5.36. The minimum absolute atomic E-state index is 0.0156. The van der Waals surface area contributed by atoms with Gasteiger partial charge in [-0.1, -0.05) is 17.2 Å². The average molecular weight is 266 g/mol. The molecule has 1 rings (SSSR count). The van der Waals surface area contributed by atoms with Crippen LogP contribution in [0.25, 0.3) is 10.4 Å². The normalized spacial score (nSPS) is 13.2. The third-order valence-electron chi connectivity index (χ3n) is 2.56. The fourth-order valence-corrected chi connectivity index (χ4v) is 1.56. The first-order valence-corrected chi connectivity index (χ1v) is 5.36. The van der Waals surface area contributed by atoms with E-state index in [1.165, 1.54) is 25.3 Å². The highest BCUT2D eigenvalue weighted by Crippen LogP contribution is 2.26. The van der Waals surface area contributed by atoms with Crippen molar-refractivity contribution in [1.29, 1.82) is 0 Å². The molecule has 19 heavy (non-hydrogen) atoms. The molecule has 0 bridgehead atoms. The van der Waals surface area contributed by atoms with Gasteiger partial charge in [0.1, 0.15) is 6.10 Å². The van der Waals surface area contributed by atoms with Crippen LogP contribution in [0, 0.1) is 0 Å². The minimum atomic E-state index is -1.37. The van der Waals surface area contributed by atoms with Gasteiger partial charge in [0.15, 0.2) is 0 Å². The van der Waals surface area contributed by atoms with Gasteiger partial charge in [-0.3, -0.25) is 0 Å². The molecule has 0 aliphatic heterocycles. The van der Waals surface area contributed by atoms with Gasteiger partial charge < -0.3 is 20.7 Å². The van der Waals surface area contributed by atoms with Crippen LogP contribution in [0.3, 0.4) is 0 Å². The Balaban J connectivity index is 3.07. The van der Waals surface area contributed by atoms with Crippen LogP contribution >= 0.6 is 0 Å². The van der Waals surface area contributed by atoms with Crippen LogP contribution in [0.15, 0.2) is 23.3 Å². The van der Waals surface area contributed by atoms with Gasteiger partial charge in [0.2, 0.25) is 0 Å². The lowest BCUT2D eigenvalue weighted by Crippen LogP contribution is -2.23. The van der Waals surface area contributed by atoms with E-state index in [4.69, 9.17) is 11.3 Å². The number of rotatable bonds is 5. The number of nitrogen functional groups attached to an aromatic ring is 1. The molecule has 0 fully saturated rings. The van der Waals surface area contributed by atoms with Crippen molar-refractivity contribution < 1.29 is 19.7 Å². The summed E-state index contributed by atoms with van der Waals surface area (Å²) >= 11 is 0. The van der Waals surface area contributed by atoms with Crippen molar-refractivity contribution >= 4 is 11.7 Å². The molecule has 0 saturated heterocycles. The van der Waals surface area contributed by atoms with Crippen molar-refractivity contribution in [2.45, 2.75) is 12.2 Å². The first kappa shape index (κ1) is 14.8. The molecule has 1 aromatic rings. The van der Waals surface area contributed by atoms with Crippen LogP contribution in [0.1, 0.15) is 22.0 Å². The summed E-state index contributed by atoms with van der Waals surface area (Å²) in [5, 5.41) is 22.7. The molecule has 2 atom stereocenters. The Kier molecular flexibility index (Phi) is 5.13. The third-order valence-corrected chi connectivity index (χ3v) is 2.56. The Bertz CT molecular complexity index is 513. The van der Waals surface area contributed by atoms with Gasteiger partial charge in [-0.15, -0.1) is 0 Å². The molecule has 0 radical (unpaired) electrons. The molecular weight excluding hydrogens is 252 g/mol. The molecule has 0 aliphatic carbocycles. The average Bonchev–Trinajstić information content (AvgIpc) is 2.43. The molecule has 1 aromatic carbocycles. The fourth-order valence-electron chi connectivity index (χ4n) is 1.56. The number of nitrogens with two attached hydrogens (primary N) is 1. The number of carbonyl (C=O) groups is 1. The first-order chi connectivity index (χ1) is 9.02. The number of nitrogens with zero attached hydrogens (tertiary/aromatic N) is 3. The largest absolute Gasteiger partial charge is 0.465 e. The number of anilines is 1. The number of hydrogen-bond acceptors (Lipinski definition) is 6. The van der Waals surface area contributed by atoms with E-state index in [1.807, 2.05) is 0 Å². The Morgan fingerprint density at radius 3 is 2.84 bits per heavy atom. The number of carbonyl (C=O) groups excluding carboxylic acids is 1. The second-order valence-electron chi connectivity index (χ2n) is 3.73. The zero-order valence-corrected chi connectivity index (χ0v) is 10.2. The lowest BCUT2D eigenvalue weighted by molar-refractivity contribution is 0.0247. The topological polar surface area (TPSA) is 142 Å². The number of methoxy groups -OCH3 is 1. The molecule has 0 saturated carbocycles. The zero-order valence-electron chi connectivity index (χ0n) is 10.2. The third kappa shape index (κ3) is 3.35. The predicted octanol–water partition coefficient (Wildman–Crippen LogP) is 0.760. The Hall–Kier alpha value is -2.28. The van der Waals surface area contributed by atoms with E-state index in [1.54, 1.807) is 0 Å². The van der Waals surface area contributed by atoms with Crippen LogP contribution < -0.4 is 5.73 Å². The van der Waals surface area contributed by atoms with Gasteiger partial charge in [0.05, 0.1) is 31.0 Å². The van der Waals surface area contributed by atoms with Crippen molar-refractivity contribution in [3.63, 3.8) is 0 Å². The molecular formula is C11H14N4O4. The van der Waals surface area contributed by atoms with Gasteiger partial charge >= 0.3 is 5.97 Å². The summed E-state index contributed by atoms with van der Waals surface area (Å²) in [6.07, 6.45) is -2.68. The molecule has 8 nitrogen and oxygen atoms in total.